The van der Waals surface area contributed by atoms with Gasteiger partial charge in [0.2, 0.25) is 15.9 Å². The minimum atomic E-state index is -3.54. The molecule has 3 aromatic rings. The molecule has 1 aromatic heterocycles. The quantitative estimate of drug-likeness (QED) is 0.484. The van der Waals surface area contributed by atoms with E-state index in [1.165, 1.54) is 16.1 Å². The van der Waals surface area contributed by atoms with Gasteiger partial charge < -0.3 is 9.80 Å². The SMILES string of the molecule is O=C(CSc1nc2ccccc2nc1N1CCCC1)N1CCN(S(=O)(=O)c2ccccc2)CC1. The smallest absolute Gasteiger partial charge is 0.243 e. The van der Waals surface area contributed by atoms with Gasteiger partial charge in [-0.1, -0.05) is 42.1 Å². The lowest BCUT2D eigenvalue weighted by Gasteiger charge is -2.34. The average Bonchev–Trinajstić information content (AvgIpc) is 3.42. The molecule has 2 saturated heterocycles. The molecular weight excluding hydrogens is 470 g/mol. The highest BCUT2D eigenvalue weighted by Crippen LogP contribution is 2.31. The van der Waals surface area contributed by atoms with Crippen molar-refractivity contribution in [2.24, 2.45) is 0 Å². The molecule has 0 unspecified atom stereocenters. The Labute approximate surface area is 204 Å². The highest BCUT2D eigenvalue weighted by Gasteiger charge is 2.30. The van der Waals surface area contributed by atoms with E-state index in [1.807, 2.05) is 24.3 Å². The Morgan fingerprint density at radius 2 is 1.44 bits per heavy atom. The second-order valence-corrected chi connectivity index (χ2v) is 11.3. The maximum absolute atomic E-state index is 13.0. The lowest BCUT2D eigenvalue weighted by molar-refractivity contribution is -0.129. The topological polar surface area (TPSA) is 86.7 Å². The number of thioether (sulfide) groups is 1. The minimum Gasteiger partial charge on any atom is -0.354 e. The van der Waals surface area contributed by atoms with Crippen LogP contribution in [0.4, 0.5) is 5.82 Å². The van der Waals surface area contributed by atoms with Gasteiger partial charge >= 0.3 is 0 Å². The van der Waals surface area contributed by atoms with E-state index in [-0.39, 0.29) is 16.6 Å². The van der Waals surface area contributed by atoms with Crippen molar-refractivity contribution in [2.45, 2.75) is 22.8 Å². The van der Waals surface area contributed by atoms with Gasteiger partial charge in [-0.2, -0.15) is 4.31 Å². The summed E-state index contributed by atoms with van der Waals surface area (Å²) in [4.78, 5) is 26.9. The number of para-hydroxylation sites is 2. The van der Waals surface area contributed by atoms with Crippen LogP contribution in [-0.4, -0.2) is 78.5 Å². The zero-order valence-corrected chi connectivity index (χ0v) is 20.5. The summed E-state index contributed by atoms with van der Waals surface area (Å²) in [7, 11) is -3.54. The summed E-state index contributed by atoms with van der Waals surface area (Å²) < 4.78 is 27.1. The van der Waals surface area contributed by atoms with E-state index in [1.54, 1.807) is 35.2 Å². The highest BCUT2D eigenvalue weighted by atomic mass is 32.2. The molecule has 3 heterocycles. The zero-order valence-electron chi connectivity index (χ0n) is 18.8. The first kappa shape index (κ1) is 23.1. The number of fused-ring (bicyclic) bond motifs is 1. The summed E-state index contributed by atoms with van der Waals surface area (Å²) in [6, 6.07) is 16.2. The summed E-state index contributed by atoms with van der Waals surface area (Å²) in [6.45, 7) is 3.26. The molecule has 0 bridgehead atoms. The van der Waals surface area contributed by atoms with Gasteiger partial charge in [-0.3, -0.25) is 4.79 Å². The molecular formula is C24H27N5O3S2. The van der Waals surface area contributed by atoms with Gasteiger partial charge in [0.05, 0.1) is 21.7 Å². The van der Waals surface area contributed by atoms with Crippen LogP contribution in [0.3, 0.4) is 0 Å². The highest BCUT2D eigenvalue weighted by molar-refractivity contribution is 8.00. The Morgan fingerprint density at radius 1 is 0.824 bits per heavy atom. The third-order valence-electron chi connectivity index (χ3n) is 6.23. The maximum Gasteiger partial charge on any atom is 0.243 e. The van der Waals surface area contributed by atoms with Gasteiger partial charge in [0.25, 0.3) is 0 Å². The van der Waals surface area contributed by atoms with Crippen LogP contribution in [0.5, 0.6) is 0 Å². The summed E-state index contributed by atoms with van der Waals surface area (Å²) >= 11 is 1.42. The van der Waals surface area contributed by atoms with Crippen LogP contribution in [0.1, 0.15) is 12.8 Å². The van der Waals surface area contributed by atoms with Gasteiger partial charge in [0.1, 0.15) is 5.03 Å². The van der Waals surface area contributed by atoms with E-state index >= 15 is 0 Å². The van der Waals surface area contributed by atoms with Crippen molar-refractivity contribution < 1.29 is 13.2 Å². The number of anilines is 1. The van der Waals surface area contributed by atoms with E-state index in [0.29, 0.717) is 26.2 Å². The first-order valence-corrected chi connectivity index (χ1v) is 13.9. The van der Waals surface area contributed by atoms with Crippen molar-refractivity contribution >= 4 is 44.5 Å². The number of piperazine rings is 1. The molecule has 2 fully saturated rings. The first-order chi connectivity index (χ1) is 16.5. The molecule has 0 N–H and O–H groups in total. The van der Waals surface area contributed by atoms with Gasteiger partial charge in [0.15, 0.2) is 5.82 Å². The van der Waals surface area contributed by atoms with Gasteiger partial charge in [-0.25, -0.2) is 18.4 Å². The fourth-order valence-electron chi connectivity index (χ4n) is 4.35. The summed E-state index contributed by atoms with van der Waals surface area (Å²) in [5, 5.41) is 0.777. The monoisotopic (exact) mass is 497 g/mol. The largest absolute Gasteiger partial charge is 0.354 e. The molecule has 2 aromatic carbocycles. The van der Waals surface area contributed by atoms with Crippen molar-refractivity contribution in [3.8, 4) is 0 Å². The number of benzene rings is 2. The van der Waals surface area contributed by atoms with Crippen molar-refractivity contribution in [1.82, 2.24) is 19.2 Å². The van der Waals surface area contributed by atoms with Crippen LogP contribution >= 0.6 is 11.8 Å². The number of sulfonamides is 1. The molecule has 2 aliphatic heterocycles. The van der Waals surface area contributed by atoms with Crippen LogP contribution in [0, 0.1) is 0 Å². The second kappa shape index (κ2) is 9.89. The molecule has 0 aliphatic carbocycles. The number of carbonyl (C=O) groups is 1. The standard InChI is InChI=1S/C24H27N5O3S2/c30-22(27-14-16-29(17-15-27)34(31,32)19-8-2-1-3-9-19)18-33-24-23(28-12-6-7-13-28)25-20-10-4-5-11-21(20)26-24/h1-5,8-11H,6-7,12-18H2. The molecule has 5 rings (SSSR count). The molecule has 178 valence electrons. The molecule has 10 heteroatoms. The molecule has 0 atom stereocenters. The van der Waals surface area contributed by atoms with E-state index < -0.39 is 10.0 Å². The Balaban J connectivity index is 1.24. The molecule has 2 aliphatic rings. The first-order valence-electron chi connectivity index (χ1n) is 11.5. The third kappa shape index (κ3) is 4.75. The maximum atomic E-state index is 13.0. The van der Waals surface area contributed by atoms with Crippen LogP contribution in [0.25, 0.3) is 11.0 Å². The van der Waals surface area contributed by atoms with Gasteiger partial charge in [-0.05, 0) is 37.1 Å². The third-order valence-corrected chi connectivity index (χ3v) is 9.08. The number of aromatic nitrogens is 2. The number of hydrogen-bond donors (Lipinski definition) is 0. The summed E-state index contributed by atoms with van der Waals surface area (Å²) in [5.41, 5.74) is 1.68. The number of nitrogens with zero attached hydrogens (tertiary/aromatic N) is 5. The van der Waals surface area contributed by atoms with E-state index in [0.717, 1.165) is 47.8 Å². The lowest BCUT2D eigenvalue weighted by Crippen LogP contribution is -2.50. The van der Waals surface area contributed by atoms with Crippen LogP contribution in [0.15, 0.2) is 64.5 Å². The number of carbonyl (C=O) groups excluding carboxylic acids is 1. The fraction of sp³-hybridized carbons (Fsp3) is 0.375. The van der Waals surface area contributed by atoms with Crippen LogP contribution in [0.2, 0.25) is 0 Å². The van der Waals surface area contributed by atoms with E-state index in [4.69, 9.17) is 9.97 Å². The van der Waals surface area contributed by atoms with Crippen LogP contribution < -0.4 is 4.90 Å². The van der Waals surface area contributed by atoms with Crippen LogP contribution in [-0.2, 0) is 14.8 Å². The van der Waals surface area contributed by atoms with Gasteiger partial charge in [0, 0.05) is 39.3 Å². The normalized spacial score (nSPS) is 17.4. The number of hydrogen-bond acceptors (Lipinski definition) is 7. The predicted octanol–water partition coefficient (Wildman–Crippen LogP) is 2.86. The Hall–Kier alpha value is -2.69. The Kier molecular flexibility index (Phi) is 6.71. The Morgan fingerprint density at radius 3 is 2.12 bits per heavy atom. The number of rotatable bonds is 6. The van der Waals surface area contributed by atoms with Gasteiger partial charge in [-0.15, -0.1) is 0 Å². The van der Waals surface area contributed by atoms with E-state index in [9.17, 15) is 13.2 Å². The zero-order chi connectivity index (χ0) is 23.5. The van der Waals surface area contributed by atoms with Crippen molar-refractivity contribution in [3.63, 3.8) is 0 Å². The molecule has 34 heavy (non-hydrogen) atoms. The van der Waals surface area contributed by atoms with E-state index in [2.05, 4.69) is 4.90 Å². The lowest BCUT2D eigenvalue weighted by atomic mass is 10.3. The molecule has 0 radical (unpaired) electrons. The minimum absolute atomic E-state index is 0.0101. The molecule has 0 saturated carbocycles. The Bertz CT molecular complexity index is 1270. The summed E-state index contributed by atoms with van der Waals surface area (Å²) in [6.07, 6.45) is 2.27. The summed E-state index contributed by atoms with van der Waals surface area (Å²) in [5.74, 6) is 1.09. The van der Waals surface area contributed by atoms with Crippen molar-refractivity contribution in [2.75, 3.05) is 49.9 Å². The second-order valence-electron chi connectivity index (χ2n) is 8.42. The predicted molar refractivity (Wildman–Crippen MR) is 133 cm³/mol. The fourth-order valence-corrected chi connectivity index (χ4v) is 6.70. The molecule has 8 nitrogen and oxygen atoms in total. The number of amides is 1. The average molecular weight is 498 g/mol. The van der Waals surface area contributed by atoms with Crippen molar-refractivity contribution in [3.05, 3.63) is 54.6 Å². The van der Waals surface area contributed by atoms with Crippen molar-refractivity contribution in [1.29, 1.82) is 0 Å². The molecule has 1 amide bonds. The molecule has 0 spiro atoms.